The topological polar surface area (TPSA) is 80.8 Å². The summed E-state index contributed by atoms with van der Waals surface area (Å²) in [6.45, 7) is 2.27. The van der Waals surface area contributed by atoms with Gasteiger partial charge in [-0.2, -0.15) is 0 Å². The summed E-state index contributed by atoms with van der Waals surface area (Å²) in [5, 5.41) is 2.94. The summed E-state index contributed by atoms with van der Waals surface area (Å²) >= 11 is 0. The summed E-state index contributed by atoms with van der Waals surface area (Å²) in [7, 11) is 3.14. The Balaban J connectivity index is 1.55. The number of benzene rings is 2. The fourth-order valence-corrected chi connectivity index (χ4v) is 3.98. The van der Waals surface area contributed by atoms with E-state index in [1.807, 2.05) is 43.3 Å². The van der Waals surface area contributed by atoms with Crippen molar-refractivity contribution in [2.45, 2.75) is 25.9 Å². The smallest absolute Gasteiger partial charge is 0.260 e. The molecular formula is C25H25N3O4. The number of fused-ring (bicyclic) bond motifs is 1. The van der Waals surface area contributed by atoms with Crippen LogP contribution < -0.4 is 19.7 Å². The number of nitrogens with one attached hydrogen (secondary N) is 1. The molecule has 1 aliphatic heterocycles. The van der Waals surface area contributed by atoms with Crippen LogP contribution >= 0.6 is 0 Å². The van der Waals surface area contributed by atoms with Crippen molar-refractivity contribution in [2.24, 2.45) is 0 Å². The molecule has 0 radical (unpaired) electrons. The van der Waals surface area contributed by atoms with Crippen LogP contribution in [0.3, 0.4) is 0 Å². The summed E-state index contributed by atoms with van der Waals surface area (Å²) in [4.78, 5) is 32.1. The van der Waals surface area contributed by atoms with Crippen molar-refractivity contribution in [1.29, 1.82) is 0 Å². The van der Waals surface area contributed by atoms with E-state index in [0.29, 0.717) is 22.8 Å². The normalized spacial score (nSPS) is 14.8. The number of hydrogen-bond acceptors (Lipinski definition) is 5. The van der Waals surface area contributed by atoms with Crippen LogP contribution in [-0.2, 0) is 11.3 Å². The number of nitrogens with zero attached hydrogens (tertiary/aromatic N) is 2. The minimum Gasteiger partial charge on any atom is -0.493 e. The lowest BCUT2D eigenvalue weighted by Crippen LogP contribution is -2.33. The highest BCUT2D eigenvalue weighted by molar-refractivity contribution is 6.11. The quantitative estimate of drug-likeness (QED) is 0.615. The lowest BCUT2D eigenvalue weighted by Gasteiger charge is -2.25. The van der Waals surface area contributed by atoms with Gasteiger partial charge in [0.15, 0.2) is 11.5 Å². The zero-order chi connectivity index (χ0) is 22.7. The van der Waals surface area contributed by atoms with Crippen LogP contribution in [0.5, 0.6) is 11.5 Å². The fraction of sp³-hybridized carbons (Fsp3) is 0.240. The van der Waals surface area contributed by atoms with E-state index in [1.54, 1.807) is 43.5 Å². The number of hydrogen-bond donors (Lipinski definition) is 1. The highest BCUT2D eigenvalue weighted by atomic mass is 16.5. The predicted octanol–water partition coefficient (Wildman–Crippen LogP) is 3.82. The molecular weight excluding hydrogens is 406 g/mol. The van der Waals surface area contributed by atoms with Crippen LogP contribution in [0.25, 0.3) is 0 Å². The third-order valence-corrected chi connectivity index (χ3v) is 5.57. The summed E-state index contributed by atoms with van der Waals surface area (Å²) in [5.41, 5.74) is 3.78. The number of aromatic nitrogens is 1. The maximum absolute atomic E-state index is 13.1. The molecule has 0 fully saturated rings. The molecule has 0 aliphatic carbocycles. The first-order valence-electron chi connectivity index (χ1n) is 10.3. The Morgan fingerprint density at radius 1 is 1.06 bits per heavy atom. The van der Waals surface area contributed by atoms with E-state index in [9.17, 15) is 9.59 Å². The average molecular weight is 431 g/mol. The first kappa shape index (κ1) is 21.4. The van der Waals surface area contributed by atoms with Crippen LogP contribution in [0.2, 0.25) is 0 Å². The molecule has 1 atom stereocenters. The van der Waals surface area contributed by atoms with Gasteiger partial charge >= 0.3 is 0 Å². The zero-order valence-corrected chi connectivity index (χ0v) is 18.3. The van der Waals surface area contributed by atoms with Crippen molar-refractivity contribution in [3.63, 3.8) is 0 Å². The van der Waals surface area contributed by atoms with Crippen molar-refractivity contribution >= 4 is 17.5 Å². The lowest BCUT2D eigenvalue weighted by molar-refractivity contribution is -0.121. The van der Waals surface area contributed by atoms with Gasteiger partial charge in [0, 0.05) is 24.0 Å². The molecule has 0 unspecified atom stereocenters. The van der Waals surface area contributed by atoms with Crippen LogP contribution in [0.1, 0.15) is 39.6 Å². The molecule has 1 aromatic heterocycles. The fourth-order valence-electron chi connectivity index (χ4n) is 3.98. The highest BCUT2D eigenvalue weighted by Gasteiger charge is 2.39. The second-order valence-corrected chi connectivity index (χ2v) is 7.60. The number of methoxy groups -OCH3 is 2. The van der Waals surface area contributed by atoms with Crippen molar-refractivity contribution in [3.8, 4) is 11.5 Å². The lowest BCUT2D eigenvalue weighted by atomic mass is 10.1. The van der Waals surface area contributed by atoms with Crippen LogP contribution in [0.15, 0.2) is 60.8 Å². The molecule has 2 amide bonds. The zero-order valence-electron chi connectivity index (χ0n) is 18.3. The predicted molar refractivity (Wildman–Crippen MR) is 121 cm³/mol. The standard InChI is InChI=1S/C25H25N3O4/c1-16-9-11-18(12-10-16)28-20(23-19(25(28)30)7-5-13-26-23)14-22(29)27-15-17-6-4-8-21(31-2)24(17)32-3/h4-13,20H,14-15H2,1-3H3,(H,27,29)/t20-/m1/s1. The van der Waals surface area contributed by atoms with Crippen molar-refractivity contribution < 1.29 is 19.1 Å². The Morgan fingerprint density at radius 2 is 1.84 bits per heavy atom. The molecule has 3 aromatic rings. The van der Waals surface area contributed by atoms with Gasteiger partial charge in [0.2, 0.25) is 5.91 Å². The van der Waals surface area contributed by atoms with Gasteiger partial charge < -0.3 is 14.8 Å². The van der Waals surface area contributed by atoms with Crippen molar-refractivity contribution in [2.75, 3.05) is 19.1 Å². The number of carbonyl (C=O) groups is 2. The minimum atomic E-state index is -0.478. The van der Waals surface area contributed by atoms with E-state index >= 15 is 0 Å². The van der Waals surface area contributed by atoms with Gasteiger partial charge in [-0.1, -0.05) is 29.8 Å². The molecule has 32 heavy (non-hydrogen) atoms. The summed E-state index contributed by atoms with van der Waals surface area (Å²) in [6, 6.07) is 16.2. The average Bonchev–Trinajstić information content (AvgIpc) is 3.09. The number of carbonyl (C=O) groups excluding carboxylic acids is 2. The van der Waals surface area contributed by atoms with E-state index < -0.39 is 6.04 Å². The number of para-hydroxylation sites is 1. The molecule has 0 spiro atoms. The van der Waals surface area contributed by atoms with Gasteiger partial charge in [0.05, 0.1) is 37.9 Å². The van der Waals surface area contributed by atoms with Crippen LogP contribution in [-0.4, -0.2) is 31.0 Å². The number of ether oxygens (including phenoxy) is 2. The Kier molecular flexibility index (Phi) is 6.07. The maximum Gasteiger partial charge on any atom is 0.260 e. The SMILES string of the molecule is COc1cccc(CNC(=O)C[C@@H]2c3ncccc3C(=O)N2c2ccc(C)cc2)c1OC. The third kappa shape index (κ3) is 4.01. The first-order valence-corrected chi connectivity index (χ1v) is 10.3. The van der Waals surface area contributed by atoms with Crippen molar-refractivity contribution in [3.05, 3.63) is 83.2 Å². The number of anilines is 1. The maximum atomic E-state index is 13.1. The molecule has 2 aromatic carbocycles. The van der Waals surface area contributed by atoms with E-state index in [1.165, 1.54) is 0 Å². The molecule has 4 rings (SSSR count). The molecule has 7 heteroatoms. The summed E-state index contributed by atoms with van der Waals surface area (Å²) in [5.74, 6) is 0.844. The van der Waals surface area contributed by atoms with Gasteiger partial charge in [-0.15, -0.1) is 0 Å². The molecule has 0 saturated heterocycles. The summed E-state index contributed by atoms with van der Waals surface area (Å²) in [6.07, 6.45) is 1.74. The van der Waals surface area contributed by atoms with Gasteiger partial charge in [-0.25, -0.2) is 0 Å². The van der Waals surface area contributed by atoms with E-state index in [-0.39, 0.29) is 24.8 Å². The Labute approximate surface area is 187 Å². The first-order chi connectivity index (χ1) is 15.5. The summed E-state index contributed by atoms with van der Waals surface area (Å²) < 4.78 is 10.8. The molecule has 0 bridgehead atoms. The van der Waals surface area contributed by atoms with Crippen LogP contribution in [0.4, 0.5) is 5.69 Å². The monoisotopic (exact) mass is 431 g/mol. The number of aryl methyl sites for hydroxylation is 1. The van der Waals surface area contributed by atoms with E-state index in [0.717, 1.165) is 16.8 Å². The van der Waals surface area contributed by atoms with E-state index in [4.69, 9.17) is 9.47 Å². The molecule has 0 saturated carbocycles. The Bertz CT molecular complexity index is 1140. The number of amides is 2. The van der Waals surface area contributed by atoms with Gasteiger partial charge in [-0.05, 0) is 37.3 Å². The molecule has 164 valence electrons. The Morgan fingerprint density at radius 3 is 2.56 bits per heavy atom. The molecule has 1 aliphatic rings. The molecule has 1 N–H and O–H groups in total. The largest absolute Gasteiger partial charge is 0.493 e. The molecule has 7 nitrogen and oxygen atoms in total. The number of pyridine rings is 1. The van der Waals surface area contributed by atoms with Crippen LogP contribution in [0, 0.1) is 6.92 Å². The van der Waals surface area contributed by atoms with E-state index in [2.05, 4.69) is 10.3 Å². The van der Waals surface area contributed by atoms with Gasteiger partial charge in [0.1, 0.15) is 0 Å². The minimum absolute atomic E-state index is 0.0932. The second-order valence-electron chi connectivity index (χ2n) is 7.60. The van der Waals surface area contributed by atoms with Gasteiger partial charge in [-0.3, -0.25) is 19.5 Å². The Hall–Kier alpha value is -3.87. The third-order valence-electron chi connectivity index (χ3n) is 5.57. The van der Waals surface area contributed by atoms with Crippen molar-refractivity contribution in [1.82, 2.24) is 10.3 Å². The second kappa shape index (κ2) is 9.09. The molecule has 2 heterocycles. The highest BCUT2D eigenvalue weighted by Crippen LogP contribution is 2.38. The van der Waals surface area contributed by atoms with Gasteiger partial charge in [0.25, 0.3) is 5.91 Å². The number of rotatable bonds is 7.